The Hall–Kier alpha value is -2.30. The Morgan fingerprint density at radius 2 is 1.97 bits per heavy atom. The SMILES string of the molecule is CCNC(=NCc1ccn(-c2ccc(OC)cc2)n1)NCCCN1CCCCCC1=O.I. The van der Waals surface area contributed by atoms with Gasteiger partial charge in [-0.1, -0.05) is 6.42 Å². The molecule has 2 aromatic rings. The van der Waals surface area contributed by atoms with Gasteiger partial charge >= 0.3 is 0 Å². The molecule has 1 aliphatic rings. The van der Waals surface area contributed by atoms with E-state index in [1.807, 2.05) is 53.0 Å². The Morgan fingerprint density at radius 1 is 1.16 bits per heavy atom. The predicted molar refractivity (Wildman–Crippen MR) is 138 cm³/mol. The second-order valence-electron chi connectivity index (χ2n) is 7.62. The van der Waals surface area contributed by atoms with Gasteiger partial charge in [0, 0.05) is 38.8 Å². The number of nitrogens with zero attached hydrogens (tertiary/aromatic N) is 4. The molecule has 0 saturated carbocycles. The first-order valence-electron chi connectivity index (χ1n) is 11.2. The van der Waals surface area contributed by atoms with Gasteiger partial charge in [-0.15, -0.1) is 24.0 Å². The lowest BCUT2D eigenvalue weighted by atomic mass is 10.2. The largest absolute Gasteiger partial charge is 0.497 e. The fraction of sp³-hybridized carbons (Fsp3) is 0.522. The molecule has 1 saturated heterocycles. The van der Waals surface area contributed by atoms with Crippen molar-refractivity contribution < 1.29 is 9.53 Å². The number of halogens is 1. The van der Waals surface area contributed by atoms with E-state index in [0.717, 1.165) is 75.0 Å². The second-order valence-corrected chi connectivity index (χ2v) is 7.62. The Labute approximate surface area is 207 Å². The van der Waals surface area contributed by atoms with Crippen molar-refractivity contribution in [3.05, 3.63) is 42.2 Å². The molecule has 0 radical (unpaired) electrons. The summed E-state index contributed by atoms with van der Waals surface area (Å²) in [6.45, 7) is 5.79. The van der Waals surface area contributed by atoms with Crippen LogP contribution in [0.2, 0.25) is 0 Å². The van der Waals surface area contributed by atoms with Crippen molar-refractivity contribution in [2.75, 3.05) is 33.3 Å². The number of aromatic nitrogens is 2. The van der Waals surface area contributed by atoms with E-state index >= 15 is 0 Å². The van der Waals surface area contributed by atoms with Gasteiger partial charge in [-0.3, -0.25) is 4.79 Å². The lowest BCUT2D eigenvalue weighted by Crippen LogP contribution is -2.39. The summed E-state index contributed by atoms with van der Waals surface area (Å²) in [5, 5.41) is 11.2. The Bertz CT molecular complexity index is 852. The van der Waals surface area contributed by atoms with E-state index in [-0.39, 0.29) is 24.0 Å². The van der Waals surface area contributed by atoms with Crippen LogP contribution in [0.3, 0.4) is 0 Å². The van der Waals surface area contributed by atoms with Crippen LogP contribution in [-0.2, 0) is 11.3 Å². The molecule has 1 aliphatic heterocycles. The van der Waals surface area contributed by atoms with Crippen LogP contribution in [-0.4, -0.2) is 59.8 Å². The van der Waals surface area contributed by atoms with Crippen molar-refractivity contribution in [1.29, 1.82) is 0 Å². The zero-order chi connectivity index (χ0) is 21.9. The zero-order valence-electron chi connectivity index (χ0n) is 19.0. The molecule has 1 aromatic carbocycles. The molecule has 0 bridgehead atoms. The van der Waals surface area contributed by atoms with Gasteiger partial charge in [-0.2, -0.15) is 5.10 Å². The van der Waals surface area contributed by atoms with Gasteiger partial charge in [-0.25, -0.2) is 9.67 Å². The smallest absolute Gasteiger partial charge is 0.222 e. The van der Waals surface area contributed by atoms with E-state index < -0.39 is 0 Å². The number of hydrogen-bond acceptors (Lipinski definition) is 4. The fourth-order valence-corrected chi connectivity index (χ4v) is 3.58. The van der Waals surface area contributed by atoms with Crippen LogP contribution in [0.25, 0.3) is 5.69 Å². The molecule has 8 nitrogen and oxygen atoms in total. The van der Waals surface area contributed by atoms with E-state index in [9.17, 15) is 4.79 Å². The molecule has 0 atom stereocenters. The number of ether oxygens (including phenoxy) is 1. The third kappa shape index (κ3) is 7.99. The lowest BCUT2D eigenvalue weighted by molar-refractivity contribution is -0.130. The maximum absolute atomic E-state index is 12.1. The van der Waals surface area contributed by atoms with E-state index in [1.165, 1.54) is 0 Å². The molecular weight excluding hydrogens is 519 g/mol. The van der Waals surface area contributed by atoms with Gasteiger partial charge in [-0.05, 0) is 56.5 Å². The highest BCUT2D eigenvalue weighted by Crippen LogP contribution is 2.15. The summed E-state index contributed by atoms with van der Waals surface area (Å²) in [7, 11) is 1.66. The Balaban J connectivity index is 0.00000363. The minimum atomic E-state index is 0. The molecule has 0 unspecified atom stereocenters. The first-order valence-corrected chi connectivity index (χ1v) is 11.2. The fourth-order valence-electron chi connectivity index (χ4n) is 3.58. The summed E-state index contributed by atoms with van der Waals surface area (Å²) in [5.41, 5.74) is 1.87. The Morgan fingerprint density at radius 3 is 2.72 bits per heavy atom. The standard InChI is InChI=1S/C23H34N6O2.HI/c1-3-24-23(25-14-7-16-28-15-6-4-5-8-22(28)30)26-18-19-13-17-29(27-19)20-9-11-21(31-2)12-10-20;/h9-13,17H,3-8,14-16,18H2,1-2H3,(H2,24,25,26);1H. The van der Waals surface area contributed by atoms with Crippen molar-refractivity contribution in [2.45, 2.75) is 45.6 Å². The van der Waals surface area contributed by atoms with Crippen LogP contribution in [0.15, 0.2) is 41.5 Å². The van der Waals surface area contributed by atoms with Gasteiger partial charge < -0.3 is 20.3 Å². The number of hydrogen-bond donors (Lipinski definition) is 2. The number of methoxy groups -OCH3 is 1. The highest BCUT2D eigenvalue weighted by atomic mass is 127. The number of likely N-dealkylation sites (tertiary alicyclic amines) is 1. The number of carbonyl (C=O) groups is 1. The number of nitrogens with one attached hydrogen (secondary N) is 2. The van der Waals surface area contributed by atoms with Crippen LogP contribution >= 0.6 is 24.0 Å². The summed E-state index contributed by atoms with van der Waals surface area (Å²) in [6.07, 6.45) is 6.84. The number of amides is 1. The normalized spacial score (nSPS) is 14.5. The first-order chi connectivity index (χ1) is 15.2. The highest BCUT2D eigenvalue weighted by molar-refractivity contribution is 14.0. The molecule has 0 spiro atoms. The molecule has 9 heteroatoms. The third-order valence-corrected chi connectivity index (χ3v) is 5.29. The maximum atomic E-state index is 12.1. The van der Waals surface area contributed by atoms with Crippen molar-refractivity contribution in [3.8, 4) is 11.4 Å². The van der Waals surface area contributed by atoms with Gasteiger partial charge in [0.25, 0.3) is 0 Å². The quantitative estimate of drug-likeness (QED) is 0.215. The topological polar surface area (TPSA) is 83.8 Å². The molecule has 2 heterocycles. The number of rotatable bonds is 9. The molecule has 2 N–H and O–H groups in total. The molecule has 0 aliphatic carbocycles. The van der Waals surface area contributed by atoms with Crippen molar-refractivity contribution in [3.63, 3.8) is 0 Å². The average Bonchev–Trinajstić information content (AvgIpc) is 3.17. The summed E-state index contributed by atoms with van der Waals surface area (Å²) < 4.78 is 7.04. The summed E-state index contributed by atoms with van der Waals surface area (Å²) in [5.74, 6) is 1.89. The van der Waals surface area contributed by atoms with E-state index in [4.69, 9.17) is 4.74 Å². The van der Waals surface area contributed by atoms with E-state index in [0.29, 0.717) is 18.9 Å². The maximum Gasteiger partial charge on any atom is 0.222 e. The number of carbonyl (C=O) groups excluding carboxylic acids is 1. The van der Waals surface area contributed by atoms with E-state index in [2.05, 4.69) is 20.7 Å². The second kappa shape index (κ2) is 14.0. The number of aliphatic imine (C=N–C) groups is 1. The number of guanidine groups is 1. The van der Waals surface area contributed by atoms with Crippen LogP contribution in [0.5, 0.6) is 5.75 Å². The monoisotopic (exact) mass is 554 g/mol. The zero-order valence-corrected chi connectivity index (χ0v) is 21.4. The molecule has 3 rings (SSSR count). The van der Waals surface area contributed by atoms with Gasteiger partial charge in [0.2, 0.25) is 5.91 Å². The van der Waals surface area contributed by atoms with Crippen LogP contribution in [0, 0.1) is 0 Å². The van der Waals surface area contributed by atoms with Gasteiger partial charge in [0.15, 0.2) is 5.96 Å². The predicted octanol–water partition coefficient (Wildman–Crippen LogP) is 3.35. The van der Waals surface area contributed by atoms with Crippen molar-refractivity contribution >= 4 is 35.8 Å². The molecule has 1 fully saturated rings. The summed E-state index contributed by atoms with van der Waals surface area (Å²) in [4.78, 5) is 18.7. The minimum Gasteiger partial charge on any atom is -0.497 e. The molecule has 1 aromatic heterocycles. The van der Waals surface area contributed by atoms with Crippen LogP contribution in [0.1, 0.15) is 44.7 Å². The third-order valence-electron chi connectivity index (χ3n) is 5.29. The molecule has 176 valence electrons. The molecule has 1 amide bonds. The Kier molecular flexibility index (Phi) is 11.3. The molecule has 32 heavy (non-hydrogen) atoms. The summed E-state index contributed by atoms with van der Waals surface area (Å²) >= 11 is 0. The lowest BCUT2D eigenvalue weighted by Gasteiger charge is -2.20. The van der Waals surface area contributed by atoms with Crippen LogP contribution < -0.4 is 15.4 Å². The molecular formula is C23H35IN6O2. The minimum absolute atomic E-state index is 0. The van der Waals surface area contributed by atoms with E-state index in [1.54, 1.807) is 7.11 Å². The van der Waals surface area contributed by atoms with Crippen molar-refractivity contribution in [1.82, 2.24) is 25.3 Å². The van der Waals surface area contributed by atoms with Gasteiger partial charge in [0.1, 0.15) is 5.75 Å². The van der Waals surface area contributed by atoms with Gasteiger partial charge in [0.05, 0.1) is 25.0 Å². The van der Waals surface area contributed by atoms with Crippen molar-refractivity contribution in [2.24, 2.45) is 4.99 Å². The van der Waals surface area contributed by atoms with Crippen LogP contribution in [0.4, 0.5) is 0 Å². The first kappa shape index (κ1) is 26.0. The summed E-state index contributed by atoms with van der Waals surface area (Å²) in [6, 6.07) is 9.75. The average molecular weight is 554 g/mol. The highest BCUT2D eigenvalue weighted by Gasteiger charge is 2.15. The number of benzene rings is 1.